The molecule has 0 aromatic rings. The average molecular weight is 402 g/mol. The van der Waals surface area contributed by atoms with Gasteiger partial charge in [-0.05, 0) is 58.7 Å². The lowest BCUT2D eigenvalue weighted by Gasteiger charge is -2.40. The molecule has 0 unspecified atom stereocenters. The van der Waals surface area contributed by atoms with Crippen LogP contribution < -0.4 is 0 Å². The van der Waals surface area contributed by atoms with Gasteiger partial charge in [0.2, 0.25) is 0 Å². The van der Waals surface area contributed by atoms with Crippen molar-refractivity contribution in [3.05, 3.63) is 0 Å². The average Bonchev–Trinajstić information content (AvgIpc) is 2.40. The second-order valence-corrected chi connectivity index (χ2v) is 14.8. The highest BCUT2D eigenvalue weighted by molar-refractivity contribution is 6.74. The first-order chi connectivity index (χ1) is 12.0. The van der Waals surface area contributed by atoms with Crippen molar-refractivity contribution in [1.82, 2.24) is 4.90 Å². The third-order valence-corrected chi connectivity index (χ3v) is 9.76. The second-order valence-electron chi connectivity index (χ2n) is 10.0. The van der Waals surface area contributed by atoms with Gasteiger partial charge in [0, 0.05) is 18.5 Å². The number of carbonyl (C=O) groups is 2. The van der Waals surface area contributed by atoms with Crippen molar-refractivity contribution < 1.29 is 18.8 Å². The Bertz CT molecular complexity index is 487. The van der Waals surface area contributed by atoms with Crippen molar-refractivity contribution in [2.45, 2.75) is 118 Å². The highest BCUT2D eigenvalue weighted by atomic mass is 28.4. The van der Waals surface area contributed by atoms with Gasteiger partial charge in [-0.3, -0.25) is 4.79 Å². The molecule has 160 valence electrons. The van der Waals surface area contributed by atoms with E-state index in [0.717, 1.165) is 0 Å². The van der Waals surface area contributed by atoms with Crippen molar-refractivity contribution >= 4 is 20.2 Å². The summed E-state index contributed by atoms with van der Waals surface area (Å²) in [6.07, 6.45) is -1.43. The number of ether oxygens (including phenoxy) is 1. The van der Waals surface area contributed by atoms with Gasteiger partial charge in [-0.15, -0.1) is 0 Å². The number of carbonyl (C=O) groups excluding carboxylic acids is 2. The van der Waals surface area contributed by atoms with E-state index in [1.807, 2.05) is 48.5 Å². The number of nitrogens with zero attached hydrogens (tertiary/aromatic N) is 1. The maximum Gasteiger partial charge on any atom is 0.411 e. The van der Waals surface area contributed by atoms with Crippen molar-refractivity contribution in [2.75, 3.05) is 0 Å². The molecule has 0 rings (SSSR count). The number of hydrogen-bond acceptors (Lipinski definition) is 4. The summed E-state index contributed by atoms with van der Waals surface area (Å²) >= 11 is 0. The van der Waals surface area contributed by atoms with Crippen LogP contribution in [0, 0.1) is 5.92 Å². The molecule has 0 saturated carbocycles. The van der Waals surface area contributed by atoms with Crippen LogP contribution in [0.5, 0.6) is 0 Å². The largest absolute Gasteiger partial charge is 0.435 e. The lowest BCUT2D eigenvalue weighted by atomic mass is 10.0. The Kier molecular flexibility index (Phi) is 9.73. The van der Waals surface area contributed by atoms with E-state index in [4.69, 9.17) is 9.16 Å². The van der Waals surface area contributed by atoms with Crippen LogP contribution in [0.15, 0.2) is 0 Å². The van der Waals surface area contributed by atoms with Crippen molar-refractivity contribution in [3.8, 4) is 0 Å². The van der Waals surface area contributed by atoms with Crippen LogP contribution in [0.2, 0.25) is 18.1 Å². The Morgan fingerprint density at radius 1 is 0.926 bits per heavy atom. The predicted molar refractivity (Wildman–Crippen MR) is 115 cm³/mol. The number of Topliss-reactive ketones (excluding diaryl/α,β-unsaturated/α-hetero) is 1. The second kappa shape index (κ2) is 10.1. The van der Waals surface area contributed by atoms with E-state index in [1.54, 1.807) is 4.90 Å². The zero-order chi connectivity index (χ0) is 21.7. The van der Waals surface area contributed by atoms with Crippen LogP contribution in [0.3, 0.4) is 0 Å². The van der Waals surface area contributed by atoms with E-state index in [2.05, 4.69) is 33.9 Å². The van der Waals surface area contributed by atoms with Gasteiger partial charge in [-0.25, -0.2) is 4.79 Å². The maximum absolute atomic E-state index is 12.9. The van der Waals surface area contributed by atoms with Crippen molar-refractivity contribution in [3.63, 3.8) is 0 Å². The maximum atomic E-state index is 12.9. The number of ketones is 1. The van der Waals surface area contributed by atoms with Crippen LogP contribution in [0.4, 0.5) is 4.79 Å². The van der Waals surface area contributed by atoms with Gasteiger partial charge in [0.05, 0.1) is 6.10 Å². The lowest BCUT2D eigenvalue weighted by molar-refractivity contribution is -0.133. The Morgan fingerprint density at radius 2 is 1.37 bits per heavy atom. The van der Waals surface area contributed by atoms with Gasteiger partial charge in [-0.2, -0.15) is 0 Å². The lowest BCUT2D eigenvalue weighted by Crippen LogP contribution is -2.51. The molecule has 0 bridgehead atoms. The molecular weight excluding hydrogens is 358 g/mol. The summed E-state index contributed by atoms with van der Waals surface area (Å²) in [5, 5.41) is 0.0127. The van der Waals surface area contributed by atoms with Gasteiger partial charge in [0.1, 0.15) is 0 Å². The molecule has 0 N–H and O–H groups in total. The summed E-state index contributed by atoms with van der Waals surface area (Å²) in [5.41, 5.74) is 0. The van der Waals surface area contributed by atoms with Crippen molar-refractivity contribution in [2.24, 2.45) is 5.92 Å². The fourth-order valence-corrected chi connectivity index (χ4v) is 4.24. The quantitative estimate of drug-likeness (QED) is 0.469. The van der Waals surface area contributed by atoms with E-state index in [9.17, 15) is 9.59 Å². The Labute approximate surface area is 168 Å². The van der Waals surface area contributed by atoms with Gasteiger partial charge < -0.3 is 14.1 Å². The van der Waals surface area contributed by atoms with Crippen LogP contribution in [0.25, 0.3) is 0 Å². The molecule has 0 aliphatic rings. The van der Waals surface area contributed by atoms with Crippen LogP contribution in [0.1, 0.15) is 75.7 Å². The molecular formula is C21H43NO4Si. The highest BCUT2D eigenvalue weighted by Gasteiger charge is 2.42. The topological polar surface area (TPSA) is 55.8 Å². The molecule has 1 amide bonds. The summed E-state index contributed by atoms with van der Waals surface area (Å²) < 4.78 is 12.1. The highest BCUT2D eigenvalue weighted by Crippen LogP contribution is 2.38. The fraction of sp³-hybridized carbons (Fsp3) is 0.905. The molecule has 0 aromatic carbocycles. The Balaban J connectivity index is 5.58. The summed E-state index contributed by atoms with van der Waals surface area (Å²) in [6, 6.07) is -0.00932. The van der Waals surface area contributed by atoms with Crippen LogP contribution in [-0.2, 0) is 14.0 Å². The minimum absolute atomic E-state index is 0.00466. The van der Waals surface area contributed by atoms with E-state index < -0.39 is 26.6 Å². The van der Waals surface area contributed by atoms with E-state index in [0.29, 0.717) is 6.42 Å². The van der Waals surface area contributed by atoms with E-state index in [-0.39, 0.29) is 28.8 Å². The third kappa shape index (κ3) is 7.94. The van der Waals surface area contributed by atoms with Gasteiger partial charge in [-0.1, -0.05) is 34.6 Å². The molecule has 0 aromatic heterocycles. The Hall–Kier alpha value is -0.883. The van der Waals surface area contributed by atoms with Crippen LogP contribution >= 0.6 is 0 Å². The molecule has 0 radical (unpaired) electrons. The van der Waals surface area contributed by atoms with Gasteiger partial charge >= 0.3 is 6.09 Å². The first-order valence-corrected chi connectivity index (χ1v) is 13.1. The molecule has 5 nitrogen and oxygen atoms in total. The zero-order valence-corrected chi connectivity index (χ0v) is 20.7. The van der Waals surface area contributed by atoms with Gasteiger partial charge in [0.15, 0.2) is 20.2 Å². The monoisotopic (exact) mass is 401 g/mol. The SMILES string of the molecule is CC(C)CC(=O)[C@@H](OC(=O)N(C(C)C)C(C)C)[C@H](C)O[Si](C)(C)C(C)(C)C. The smallest absolute Gasteiger partial charge is 0.411 e. The predicted octanol–water partition coefficient (Wildman–Crippen LogP) is 5.64. The molecule has 0 saturated heterocycles. The minimum atomic E-state index is -2.10. The standard InChI is InChI=1S/C21H43NO4Si/c1-14(2)13-18(23)19(17(7)26-27(11,12)21(8,9)10)25-20(24)22(15(3)4)16(5)6/h14-17,19H,13H2,1-12H3/t17-,19-/m0/s1. The first-order valence-electron chi connectivity index (χ1n) is 10.2. The number of rotatable bonds is 9. The summed E-state index contributed by atoms with van der Waals surface area (Å²) in [4.78, 5) is 27.3. The zero-order valence-electron chi connectivity index (χ0n) is 19.7. The normalized spacial score (nSPS) is 15.2. The van der Waals surface area contributed by atoms with Crippen molar-refractivity contribution in [1.29, 1.82) is 0 Å². The minimum Gasteiger partial charge on any atom is -0.435 e. The van der Waals surface area contributed by atoms with E-state index >= 15 is 0 Å². The summed E-state index contributed by atoms with van der Waals surface area (Å²) in [7, 11) is -2.10. The molecule has 0 fully saturated rings. The third-order valence-electron chi connectivity index (χ3n) is 5.19. The van der Waals surface area contributed by atoms with Gasteiger partial charge in [0.25, 0.3) is 0 Å². The molecule has 0 heterocycles. The van der Waals surface area contributed by atoms with E-state index in [1.165, 1.54) is 0 Å². The molecule has 0 aliphatic heterocycles. The Morgan fingerprint density at radius 3 is 1.70 bits per heavy atom. The molecule has 0 aliphatic carbocycles. The first kappa shape index (κ1) is 26.1. The molecule has 2 atom stereocenters. The molecule has 0 spiro atoms. The summed E-state index contributed by atoms with van der Waals surface area (Å²) in [6.45, 7) is 24.4. The molecule has 6 heteroatoms. The van der Waals surface area contributed by atoms with Crippen LogP contribution in [-0.4, -0.2) is 49.4 Å². The number of hydrogen-bond donors (Lipinski definition) is 0. The molecule has 27 heavy (non-hydrogen) atoms. The fourth-order valence-electron chi connectivity index (χ4n) is 2.83. The summed E-state index contributed by atoms with van der Waals surface area (Å²) in [5.74, 6) is 0.127. The number of amides is 1.